The lowest BCUT2D eigenvalue weighted by Gasteiger charge is -2.13. The van der Waals surface area contributed by atoms with Crippen molar-refractivity contribution in [2.75, 3.05) is 71.3 Å². The Morgan fingerprint density at radius 2 is 1.39 bits per heavy atom. The van der Waals surface area contributed by atoms with Crippen molar-refractivity contribution < 1.29 is 23.5 Å². The fourth-order valence-corrected chi connectivity index (χ4v) is 4.05. The molecule has 0 unspecified atom stereocenters. The third-order valence-electron chi connectivity index (χ3n) is 6.31. The van der Waals surface area contributed by atoms with Crippen LogP contribution in [0, 0.1) is 5.82 Å². The first-order valence-electron chi connectivity index (χ1n) is 13.5. The van der Waals surface area contributed by atoms with Gasteiger partial charge in [-0.05, 0) is 83.0 Å². The zero-order valence-electron chi connectivity index (χ0n) is 24.2. The summed E-state index contributed by atoms with van der Waals surface area (Å²) in [6.07, 6.45) is 1.64. The molecule has 0 aliphatic rings. The van der Waals surface area contributed by atoms with Crippen LogP contribution in [0.2, 0.25) is 0 Å². The third-order valence-corrected chi connectivity index (χ3v) is 6.31. The van der Waals surface area contributed by atoms with E-state index in [-0.39, 0.29) is 17.5 Å². The lowest BCUT2D eigenvalue weighted by molar-refractivity contribution is 0.0984. The lowest BCUT2D eigenvalue weighted by Crippen LogP contribution is -2.16. The Kier molecular flexibility index (Phi) is 11.5. The quantitative estimate of drug-likeness (QED) is 0.141. The molecule has 0 heterocycles. The highest BCUT2D eigenvalue weighted by Gasteiger charge is 2.17. The summed E-state index contributed by atoms with van der Waals surface area (Å²) >= 11 is 0. The fourth-order valence-electron chi connectivity index (χ4n) is 4.05. The number of amides is 1. The molecule has 220 valence electrons. The maximum absolute atomic E-state index is 14.9. The van der Waals surface area contributed by atoms with E-state index in [1.807, 2.05) is 28.2 Å². The normalized spacial score (nSPS) is 11.1. The highest BCUT2D eigenvalue weighted by atomic mass is 19.1. The molecule has 9 nitrogen and oxygen atoms in total. The number of carbonyl (C=O) groups excluding carboxylic acids is 2. The van der Waals surface area contributed by atoms with Crippen molar-refractivity contribution in [2.45, 2.75) is 19.3 Å². The number of Topliss-reactive ketones (excluding diaryl/α,β-unsaturated/α-hetero) is 1. The number of halogens is 1. The van der Waals surface area contributed by atoms with Gasteiger partial charge in [-0.1, -0.05) is 6.07 Å². The van der Waals surface area contributed by atoms with Crippen LogP contribution in [0.15, 0.2) is 54.6 Å². The predicted molar refractivity (Wildman–Crippen MR) is 161 cm³/mol. The Hall–Kier alpha value is -4.15. The fraction of sp³-hybridized carbons (Fsp3) is 0.355. The molecular formula is C31H40FN5O4. The Labute approximate surface area is 241 Å². The molecule has 0 radical (unpaired) electrons. The predicted octanol–water partition coefficient (Wildman–Crippen LogP) is 4.33. The van der Waals surface area contributed by atoms with E-state index >= 15 is 0 Å². The Morgan fingerprint density at radius 1 is 0.805 bits per heavy atom. The van der Waals surface area contributed by atoms with Gasteiger partial charge in [0.25, 0.3) is 5.91 Å². The minimum absolute atomic E-state index is 0.0535. The SMILES string of the molecule is CN(C)CCCOc1ccc(CC(=O)c2ccc(C(=O)Nc3ccc(OCCCN(C)C)cc3N)cc2F)c(N)c1. The van der Waals surface area contributed by atoms with E-state index in [1.165, 1.54) is 12.1 Å². The second kappa shape index (κ2) is 15.0. The van der Waals surface area contributed by atoms with Gasteiger partial charge < -0.3 is 36.1 Å². The number of carbonyl (C=O) groups is 2. The van der Waals surface area contributed by atoms with Crippen molar-refractivity contribution in [1.82, 2.24) is 9.80 Å². The van der Waals surface area contributed by atoms with Crippen LogP contribution >= 0.6 is 0 Å². The van der Waals surface area contributed by atoms with E-state index in [4.69, 9.17) is 20.9 Å². The number of ketones is 1. The van der Waals surface area contributed by atoms with Gasteiger partial charge in [-0.3, -0.25) is 9.59 Å². The molecule has 3 rings (SSSR count). The molecular weight excluding hydrogens is 525 g/mol. The Bertz CT molecular complexity index is 1350. The number of nitrogens with two attached hydrogens (primary N) is 2. The van der Waals surface area contributed by atoms with E-state index in [2.05, 4.69) is 15.1 Å². The average Bonchev–Trinajstić information content (AvgIpc) is 2.91. The van der Waals surface area contributed by atoms with Crippen LogP contribution in [0.3, 0.4) is 0 Å². The van der Waals surface area contributed by atoms with E-state index in [0.717, 1.165) is 32.0 Å². The second-order valence-corrected chi connectivity index (χ2v) is 10.4. The van der Waals surface area contributed by atoms with Crippen molar-refractivity contribution in [2.24, 2.45) is 0 Å². The molecule has 0 aliphatic carbocycles. The van der Waals surface area contributed by atoms with Crippen molar-refractivity contribution in [3.63, 3.8) is 0 Å². The Morgan fingerprint density at radius 3 is 1.93 bits per heavy atom. The first-order valence-corrected chi connectivity index (χ1v) is 13.5. The number of anilines is 3. The van der Waals surface area contributed by atoms with Gasteiger partial charge in [-0.2, -0.15) is 0 Å². The maximum Gasteiger partial charge on any atom is 0.255 e. The van der Waals surface area contributed by atoms with Gasteiger partial charge in [0.15, 0.2) is 5.78 Å². The molecule has 10 heteroatoms. The van der Waals surface area contributed by atoms with Gasteiger partial charge in [-0.15, -0.1) is 0 Å². The molecule has 5 N–H and O–H groups in total. The van der Waals surface area contributed by atoms with E-state index in [0.29, 0.717) is 47.3 Å². The van der Waals surface area contributed by atoms with Gasteiger partial charge >= 0.3 is 0 Å². The first-order chi connectivity index (χ1) is 19.5. The lowest BCUT2D eigenvalue weighted by atomic mass is 10.00. The van der Waals surface area contributed by atoms with E-state index in [1.54, 1.807) is 36.4 Å². The summed E-state index contributed by atoms with van der Waals surface area (Å²) in [5, 5.41) is 2.68. The minimum Gasteiger partial charge on any atom is -0.493 e. The summed E-state index contributed by atoms with van der Waals surface area (Å²) in [5.41, 5.74) is 13.8. The molecule has 41 heavy (non-hydrogen) atoms. The number of benzene rings is 3. The molecule has 0 bridgehead atoms. The van der Waals surface area contributed by atoms with Crippen LogP contribution in [-0.2, 0) is 6.42 Å². The molecule has 0 saturated carbocycles. The van der Waals surface area contributed by atoms with Crippen LogP contribution in [0.1, 0.15) is 39.1 Å². The number of hydrogen-bond donors (Lipinski definition) is 3. The van der Waals surface area contributed by atoms with Crippen LogP contribution < -0.4 is 26.3 Å². The van der Waals surface area contributed by atoms with Crippen LogP contribution in [0.5, 0.6) is 11.5 Å². The molecule has 0 aromatic heterocycles. The molecule has 0 aliphatic heterocycles. The summed E-state index contributed by atoms with van der Waals surface area (Å²) in [5.74, 6) is -0.597. The molecule has 0 spiro atoms. The number of nitrogen functional groups attached to an aromatic ring is 2. The van der Waals surface area contributed by atoms with Gasteiger partial charge in [0.2, 0.25) is 0 Å². The van der Waals surface area contributed by atoms with Crippen molar-refractivity contribution >= 4 is 28.8 Å². The summed E-state index contributed by atoms with van der Waals surface area (Å²) in [4.78, 5) is 29.8. The number of hydrogen-bond acceptors (Lipinski definition) is 8. The average molecular weight is 566 g/mol. The van der Waals surface area contributed by atoms with Crippen LogP contribution in [-0.4, -0.2) is 76.0 Å². The van der Waals surface area contributed by atoms with Crippen LogP contribution in [0.4, 0.5) is 21.5 Å². The molecule has 0 atom stereocenters. The standard InChI is InChI=1S/C31H40FN5O4/c1-36(2)13-5-15-40-23-9-7-21(27(33)19-23)18-30(38)25-11-8-22(17-26(25)32)31(39)35-29-12-10-24(20-28(29)34)41-16-6-14-37(3)4/h7-12,17,19-20H,5-6,13-16,18,33-34H2,1-4H3,(H,35,39). The molecule has 3 aromatic carbocycles. The van der Waals surface area contributed by atoms with Gasteiger partial charge in [0.1, 0.15) is 17.3 Å². The third kappa shape index (κ3) is 9.77. The highest BCUT2D eigenvalue weighted by Crippen LogP contribution is 2.26. The number of nitrogens with zero attached hydrogens (tertiary/aromatic N) is 2. The Balaban J connectivity index is 1.58. The monoisotopic (exact) mass is 565 g/mol. The van der Waals surface area contributed by atoms with Gasteiger partial charge in [0, 0.05) is 42.9 Å². The summed E-state index contributed by atoms with van der Waals surface area (Å²) < 4.78 is 26.3. The van der Waals surface area contributed by atoms with Crippen molar-refractivity contribution in [1.29, 1.82) is 0 Å². The second-order valence-electron chi connectivity index (χ2n) is 10.4. The largest absolute Gasteiger partial charge is 0.493 e. The minimum atomic E-state index is -0.795. The summed E-state index contributed by atoms with van der Waals surface area (Å²) in [6.45, 7) is 2.89. The van der Waals surface area contributed by atoms with Gasteiger partial charge in [-0.25, -0.2) is 4.39 Å². The van der Waals surface area contributed by atoms with Gasteiger partial charge in [0.05, 0.1) is 30.2 Å². The van der Waals surface area contributed by atoms with Crippen LogP contribution in [0.25, 0.3) is 0 Å². The number of nitrogens with one attached hydrogen (secondary N) is 1. The summed E-state index contributed by atoms with van der Waals surface area (Å²) in [6, 6.07) is 13.8. The van der Waals surface area contributed by atoms with Crippen molar-refractivity contribution in [3.05, 3.63) is 77.1 Å². The summed E-state index contributed by atoms with van der Waals surface area (Å²) in [7, 11) is 7.98. The van der Waals surface area contributed by atoms with Crippen molar-refractivity contribution in [3.8, 4) is 11.5 Å². The highest BCUT2D eigenvalue weighted by molar-refractivity contribution is 6.06. The first kappa shape index (κ1) is 31.4. The zero-order valence-corrected chi connectivity index (χ0v) is 24.2. The number of rotatable bonds is 15. The molecule has 0 fully saturated rings. The smallest absolute Gasteiger partial charge is 0.255 e. The molecule has 1 amide bonds. The number of ether oxygens (including phenoxy) is 2. The molecule has 3 aromatic rings. The zero-order chi connectivity index (χ0) is 29.9. The van der Waals surface area contributed by atoms with E-state index < -0.39 is 17.5 Å². The van der Waals surface area contributed by atoms with E-state index in [9.17, 15) is 14.0 Å². The maximum atomic E-state index is 14.9. The molecule has 0 saturated heterocycles. The topological polar surface area (TPSA) is 123 Å².